The highest BCUT2D eigenvalue weighted by molar-refractivity contribution is 5.24. The predicted molar refractivity (Wildman–Crippen MR) is 102 cm³/mol. The van der Waals surface area contributed by atoms with Crippen molar-refractivity contribution in [3.05, 3.63) is 35.4 Å². The number of aliphatic hydroxyl groups excluding tert-OH is 7. The van der Waals surface area contributed by atoms with E-state index in [9.17, 15) is 35.7 Å². The highest BCUT2D eigenvalue weighted by atomic mass is 16.7. The van der Waals surface area contributed by atoms with Crippen molar-refractivity contribution >= 4 is 0 Å². The standard InChI is InChI=1S/C20H30O11/c1-9-4-2-3-5-10(9)7-28-19-18(27)16(25)14(23)12(31-19)8-29-20-17(26)15(24)13(22)11(6-21)30-20/h2-5,11-27H,6-8H2,1H3/t11-,12-,13-,14-,15+,16+,17-,18-,19-,20-/m1/s1. The molecule has 2 saturated heterocycles. The first-order chi connectivity index (χ1) is 14.7. The van der Waals surface area contributed by atoms with Crippen LogP contribution >= 0.6 is 0 Å². The summed E-state index contributed by atoms with van der Waals surface area (Å²) < 4.78 is 21.8. The summed E-state index contributed by atoms with van der Waals surface area (Å²) in [5, 5.41) is 69.6. The zero-order valence-electron chi connectivity index (χ0n) is 17.0. The van der Waals surface area contributed by atoms with Gasteiger partial charge in [-0.25, -0.2) is 0 Å². The number of ether oxygens (including phenoxy) is 4. The van der Waals surface area contributed by atoms with E-state index in [0.29, 0.717) is 0 Å². The van der Waals surface area contributed by atoms with E-state index in [-0.39, 0.29) is 6.61 Å². The summed E-state index contributed by atoms with van der Waals surface area (Å²) in [5.41, 5.74) is 1.82. The maximum absolute atomic E-state index is 10.2. The summed E-state index contributed by atoms with van der Waals surface area (Å²) >= 11 is 0. The van der Waals surface area contributed by atoms with Gasteiger partial charge in [-0.15, -0.1) is 0 Å². The van der Waals surface area contributed by atoms with Crippen LogP contribution in [0.2, 0.25) is 0 Å². The molecule has 2 fully saturated rings. The molecule has 0 aliphatic carbocycles. The summed E-state index contributed by atoms with van der Waals surface area (Å²) in [6.07, 6.45) is -14.4. The first-order valence-electron chi connectivity index (χ1n) is 10.0. The zero-order chi connectivity index (χ0) is 22.7. The van der Waals surface area contributed by atoms with Crippen LogP contribution in [0.15, 0.2) is 24.3 Å². The molecular formula is C20H30O11. The third kappa shape index (κ3) is 5.41. The second kappa shape index (κ2) is 10.6. The lowest BCUT2D eigenvalue weighted by molar-refractivity contribution is -0.332. The molecule has 1 aromatic rings. The van der Waals surface area contributed by atoms with E-state index in [1.54, 1.807) is 0 Å². The van der Waals surface area contributed by atoms with Gasteiger partial charge in [0.1, 0.15) is 48.8 Å². The molecule has 1 aromatic carbocycles. The molecule has 11 heteroatoms. The van der Waals surface area contributed by atoms with Gasteiger partial charge in [0.25, 0.3) is 0 Å². The Labute approximate surface area is 179 Å². The van der Waals surface area contributed by atoms with E-state index in [4.69, 9.17) is 18.9 Å². The summed E-state index contributed by atoms with van der Waals surface area (Å²) in [6, 6.07) is 7.44. The van der Waals surface area contributed by atoms with Gasteiger partial charge >= 0.3 is 0 Å². The van der Waals surface area contributed by atoms with Crippen LogP contribution < -0.4 is 0 Å². The molecule has 3 rings (SSSR count). The Bertz CT molecular complexity index is 701. The maximum Gasteiger partial charge on any atom is 0.187 e. The third-order valence-corrected chi connectivity index (χ3v) is 5.61. The van der Waals surface area contributed by atoms with Crippen LogP contribution in [0.3, 0.4) is 0 Å². The normalized spacial score (nSPS) is 41.3. The van der Waals surface area contributed by atoms with E-state index in [1.165, 1.54) is 0 Å². The molecule has 2 aliphatic rings. The highest BCUT2D eigenvalue weighted by Gasteiger charge is 2.47. The molecule has 11 nitrogen and oxygen atoms in total. The largest absolute Gasteiger partial charge is 0.394 e. The van der Waals surface area contributed by atoms with Gasteiger partial charge in [0.15, 0.2) is 12.6 Å². The minimum Gasteiger partial charge on any atom is -0.394 e. The summed E-state index contributed by atoms with van der Waals surface area (Å²) in [6.45, 7) is 0.967. The van der Waals surface area contributed by atoms with Crippen molar-refractivity contribution in [3.8, 4) is 0 Å². The monoisotopic (exact) mass is 446 g/mol. The Kier molecular flexibility index (Phi) is 8.35. The second-order valence-corrected chi connectivity index (χ2v) is 7.78. The maximum atomic E-state index is 10.2. The van der Waals surface area contributed by atoms with Gasteiger partial charge in [0.2, 0.25) is 0 Å². The number of benzene rings is 1. The minimum atomic E-state index is -1.62. The molecule has 0 unspecified atom stereocenters. The van der Waals surface area contributed by atoms with Gasteiger partial charge in [0.05, 0.1) is 19.8 Å². The van der Waals surface area contributed by atoms with Crippen molar-refractivity contribution in [3.63, 3.8) is 0 Å². The number of hydrogen-bond donors (Lipinski definition) is 7. The first-order valence-corrected chi connectivity index (χ1v) is 10.0. The van der Waals surface area contributed by atoms with Crippen molar-refractivity contribution in [2.24, 2.45) is 0 Å². The number of hydrogen-bond acceptors (Lipinski definition) is 11. The van der Waals surface area contributed by atoms with Crippen molar-refractivity contribution < 1.29 is 54.7 Å². The SMILES string of the molecule is Cc1ccccc1CO[C@@H]1O[C@H](CO[C@@H]2O[C@H](CO)[C@@H](O)[C@H](O)[C@H]2O)[C@@H](O)[C@H](O)[C@H]1O. The Morgan fingerprint density at radius 2 is 1.29 bits per heavy atom. The van der Waals surface area contributed by atoms with Crippen molar-refractivity contribution in [1.82, 2.24) is 0 Å². The smallest absolute Gasteiger partial charge is 0.187 e. The molecule has 2 heterocycles. The van der Waals surface area contributed by atoms with Gasteiger partial charge in [0, 0.05) is 0 Å². The average molecular weight is 446 g/mol. The molecular weight excluding hydrogens is 416 g/mol. The lowest BCUT2D eigenvalue weighted by atomic mass is 9.98. The summed E-state index contributed by atoms with van der Waals surface area (Å²) in [7, 11) is 0. The highest BCUT2D eigenvalue weighted by Crippen LogP contribution is 2.26. The Morgan fingerprint density at radius 1 is 0.742 bits per heavy atom. The van der Waals surface area contributed by atoms with E-state index in [2.05, 4.69) is 0 Å². The molecule has 31 heavy (non-hydrogen) atoms. The van der Waals surface area contributed by atoms with Gasteiger partial charge in [-0.05, 0) is 18.1 Å². The third-order valence-electron chi connectivity index (χ3n) is 5.61. The summed E-state index contributed by atoms with van der Waals surface area (Å²) in [5.74, 6) is 0. The Morgan fingerprint density at radius 3 is 1.90 bits per heavy atom. The number of aryl methyl sites for hydroxylation is 1. The van der Waals surface area contributed by atoms with Crippen LogP contribution in [-0.2, 0) is 25.6 Å². The van der Waals surface area contributed by atoms with Gasteiger partial charge < -0.3 is 54.7 Å². The van der Waals surface area contributed by atoms with E-state index >= 15 is 0 Å². The molecule has 7 N–H and O–H groups in total. The average Bonchev–Trinajstić information content (AvgIpc) is 2.77. The van der Waals surface area contributed by atoms with E-state index < -0.39 is 74.6 Å². The number of rotatable bonds is 7. The Balaban J connectivity index is 1.60. The van der Waals surface area contributed by atoms with Crippen molar-refractivity contribution in [2.45, 2.75) is 74.9 Å². The fraction of sp³-hybridized carbons (Fsp3) is 0.700. The zero-order valence-corrected chi connectivity index (χ0v) is 17.0. The molecule has 10 atom stereocenters. The van der Waals surface area contributed by atoms with Gasteiger partial charge in [-0.2, -0.15) is 0 Å². The fourth-order valence-electron chi connectivity index (χ4n) is 3.53. The van der Waals surface area contributed by atoms with Crippen LogP contribution in [0.4, 0.5) is 0 Å². The van der Waals surface area contributed by atoms with Crippen molar-refractivity contribution in [1.29, 1.82) is 0 Å². The lowest BCUT2D eigenvalue weighted by Gasteiger charge is -2.42. The molecule has 0 radical (unpaired) electrons. The lowest BCUT2D eigenvalue weighted by Crippen LogP contribution is -2.61. The second-order valence-electron chi connectivity index (χ2n) is 7.78. The topological polar surface area (TPSA) is 179 Å². The molecule has 0 bridgehead atoms. The van der Waals surface area contributed by atoms with Crippen LogP contribution in [0.5, 0.6) is 0 Å². The molecule has 0 amide bonds. The van der Waals surface area contributed by atoms with E-state index in [1.807, 2.05) is 31.2 Å². The molecule has 0 saturated carbocycles. The minimum absolute atomic E-state index is 0.0947. The van der Waals surface area contributed by atoms with Crippen LogP contribution in [0, 0.1) is 6.92 Å². The van der Waals surface area contributed by atoms with Crippen LogP contribution in [0.25, 0.3) is 0 Å². The predicted octanol–water partition coefficient (Wildman–Crippen LogP) is -2.86. The molecule has 176 valence electrons. The molecule has 0 aromatic heterocycles. The number of aliphatic hydroxyl groups is 7. The van der Waals surface area contributed by atoms with Gasteiger partial charge in [-0.3, -0.25) is 0 Å². The van der Waals surface area contributed by atoms with Crippen LogP contribution in [-0.4, -0.2) is 110 Å². The molecule has 2 aliphatic heterocycles. The Hall–Kier alpha value is -1.22. The van der Waals surface area contributed by atoms with Gasteiger partial charge in [-0.1, -0.05) is 24.3 Å². The molecule has 0 spiro atoms. The quantitative estimate of drug-likeness (QED) is 0.229. The summed E-state index contributed by atoms with van der Waals surface area (Å²) in [4.78, 5) is 0. The first kappa shape index (κ1) is 24.4. The van der Waals surface area contributed by atoms with Crippen molar-refractivity contribution in [2.75, 3.05) is 13.2 Å². The van der Waals surface area contributed by atoms with E-state index in [0.717, 1.165) is 11.1 Å². The van der Waals surface area contributed by atoms with Crippen LogP contribution in [0.1, 0.15) is 11.1 Å². The fourth-order valence-corrected chi connectivity index (χ4v) is 3.53.